The van der Waals surface area contributed by atoms with Gasteiger partial charge in [0.15, 0.2) is 0 Å². The fourth-order valence-corrected chi connectivity index (χ4v) is 3.29. The summed E-state index contributed by atoms with van der Waals surface area (Å²) in [7, 11) is 0. The minimum Gasteiger partial charge on any atom is -0.313 e. The number of carbonyl (C=O) groups excluding carboxylic acids is 1. The van der Waals surface area contributed by atoms with Crippen LogP contribution in [0.25, 0.3) is 0 Å². The molecule has 4 rings (SSSR count). The summed E-state index contributed by atoms with van der Waals surface area (Å²) < 4.78 is 1.55. The van der Waals surface area contributed by atoms with Crippen LogP contribution in [0.3, 0.4) is 0 Å². The fourth-order valence-electron chi connectivity index (χ4n) is 3.29. The van der Waals surface area contributed by atoms with Crippen molar-refractivity contribution >= 4 is 6.03 Å². The van der Waals surface area contributed by atoms with Crippen LogP contribution in [-0.2, 0) is 6.42 Å². The van der Waals surface area contributed by atoms with Gasteiger partial charge in [-0.1, -0.05) is 54.6 Å². The summed E-state index contributed by atoms with van der Waals surface area (Å²) in [6.45, 7) is 0.702. The van der Waals surface area contributed by atoms with E-state index in [-0.39, 0.29) is 12.1 Å². The molecule has 0 radical (unpaired) electrons. The molecule has 4 nitrogen and oxygen atoms in total. The van der Waals surface area contributed by atoms with E-state index in [1.54, 1.807) is 23.3 Å². The van der Waals surface area contributed by atoms with Crippen LogP contribution >= 0.6 is 0 Å². The maximum atomic E-state index is 12.9. The lowest BCUT2D eigenvalue weighted by Gasteiger charge is -2.37. The van der Waals surface area contributed by atoms with Gasteiger partial charge in [0.2, 0.25) is 0 Å². The number of benzene rings is 2. The summed E-state index contributed by atoms with van der Waals surface area (Å²) in [5, 5.41) is 0. The quantitative estimate of drug-likeness (QED) is 0.690. The molecule has 3 aromatic rings. The Balaban J connectivity index is 1.81. The summed E-state index contributed by atoms with van der Waals surface area (Å²) in [4.78, 5) is 18.8. The first kappa shape index (κ1) is 13.8. The molecule has 2 heterocycles. The number of amides is 1. The minimum absolute atomic E-state index is 0.0362. The van der Waals surface area contributed by atoms with Gasteiger partial charge in [0.05, 0.1) is 6.04 Å². The van der Waals surface area contributed by atoms with Gasteiger partial charge in [-0.3, -0.25) is 4.57 Å². The third-order valence-corrected chi connectivity index (χ3v) is 4.37. The Bertz CT molecular complexity index is 812. The van der Waals surface area contributed by atoms with E-state index < -0.39 is 0 Å². The number of fused-ring (bicyclic) bond motifs is 1. The fraction of sp³-hybridized carbons (Fsp3) is 0.158. The maximum absolute atomic E-state index is 12.9. The Hall–Kier alpha value is -2.88. The summed E-state index contributed by atoms with van der Waals surface area (Å²) in [5.74, 6) is 0. The zero-order chi connectivity index (χ0) is 15.6. The number of carbonyl (C=O) groups is 1. The van der Waals surface area contributed by atoms with Crippen LogP contribution < -0.4 is 0 Å². The van der Waals surface area contributed by atoms with Crippen molar-refractivity contribution in [2.24, 2.45) is 0 Å². The van der Waals surface area contributed by atoms with Crippen molar-refractivity contribution in [3.63, 3.8) is 0 Å². The van der Waals surface area contributed by atoms with Gasteiger partial charge in [0.1, 0.15) is 6.33 Å². The van der Waals surface area contributed by atoms with Crippen LogP contribution in [0.2, 0.25) is 0 Å². The van der Waals surface area contributed by atoms with Gasteiger partial charge in [-0.05, 0) is 23.1 Å². The molecule has 1 aromatic heterocycles. The average Bonchev–Trinajstić information content (AvgIpc) is 3.15. The van der Waals surface area contributed by atoms with E-state index >= 15 is 0 Å². The Labute approximate surface area is 135 Å². The van der Waals surface area contributed by atoms with Crippen LogP contribution in [0.5, 0.6) is 0 Å². The topological polar surface area (TPSA) is 38.1 Å². The van der Waals surface area contributed by atoms with Crippen molar-refractivity contribution < 1.29 is 4.79 Å². The van der Waals surface area contributed by atoms with Gasteiger partial charge in [0, 0.05) is 18.9 Å². The molecule has 1 amide bonds. The van der Waals surface area contributed by atoms with E-state index in [4.69, 9.17) is 0 Å². The predicted molar refractivity (Wildman–Crippen MR) is 88.2 cm³/mol. The molecule has 0 aliphatic carbocycles. The normalized spacial score (nSPS) is 16.9. The second-order valence-electron chi connectivity index (χ2n) is 5.71. The highest BCUT2D eigenvalue weighted by Gasteiger charge is 2.32. The standard InChI is InChI=1S/C19H17N3O/c23-19(21-13-11-20-14-21)22-12-10-15-6-4-5-9-17(15)18(22)16-7-2-1-3-8-16/h1-9,11,13-14,18H,10,12H2/t18-/m1/s1. The molecule has 4 heteroatoms. The molecular formula is C19H17N3O. The molecule has 0 spiro atoms. The number of hydrogen-bond acceptors (Lipinski definition) is 2. The molecule has 0 saturated carbocycles. The summed E-state index contributed by atoms with van der Waals surface area (Å²) >= 11 is 0. The highest BCUT2D eigenvalue weighted by Crippen LogP contribution is 2.35. The largest absolute Gasteiger partial charge is 0.330 e. The molecule has 1 aliphatic rings. The lowest BCUT2D eigenvalue weighted by Crippen LogP contribution is -2.42. The third-order valence-electron chi connectivity index (χ3n) is 4.37. The number of imidazole rings is 1. The molecule has 114 valence electrons. The molecule has 1 atom stereocenters. The monoisotopic (exact) mass is 303 g/mol. The molecule has 0 unspecified atom stereocenters. The lowest BCUT2D eigenvalue weighted by molar-refractivity contribution is 0.181. The smallest absolute Gasteiger partial charge is 0.313 e. The summed E-state index contributed by atoms with van der Waals surface area (Å²) in [6.07, 6.45) is 5.77. The van der Waals surface area contributed by atoms with E-state index in [1.165, 1.54) is 11.1 Å². The van der Waals surface area contributed by atoms with Gasteiger partial charge in [-0.25, -0.2) is 9.78 Å². The van der Waals surface area contributed by atoms with Gasteiger partial charge < -0.3 is 4.90 Å². The number of aromatic nitrogens is 2. The SMILES string of the molecule is O=C(N1CCc2ccccc2[C@H]1c1ccccc1)n1ccnc1. The highest BCUT2D eigenvalue weighted by molar-refractivity contribution is 5.78. The van der Waals surface area contributed by atoms with E-state index in [0.717, 1.165) is 12.0 Å². The second-order valence-corrected chi connectivity index (χ2v) is 5.71. The van der Waals surface area contributed by atoms with Gasteiger partial charge in [0.25, 0.3) is 0 Å². The number of nitrogens with zero attached hydrogens (tertiary/aromatic N) is 3. The van der Waals surface area contributed by atoms with Crippen LogP contribution in [0.1, 0.15) is 22.7 Å². The Kier molecular flexibility index (Phi) is 3.42. The van der Waals surface area contributed by atoms with E-state index in [2.05, 4.69) is 35.3 Å². The molecule has 1 aliphatic heterocycles. The molecule has 0 bridgehead atoms. The van der Waals surface area contributed by atoms with Crippen LogP contribution in [0, 0.1) is 0 Å². The van der Waals surface area contributed by atoms with Crippen molar-refractivity contribution in [3.8, 4) is 0 Å². The zero-order valence-corrected chi connectivity index (χ0v) is 12.7. The molecule has 0 N–H and O–H groups in total. The molecular weight excluding hydrogens is 286 g/mol. The lowest BCUT2D eigenvalue weighted by atomic mass is 9.88. The van der Waals surface area contributed by atoms with E-state index in [0.29, 0.717) is 6.54 Å². The van der Waals surface area contributed by atoms with Gasteiger partial charge in [-0.2, -0.15) is 0 Å². The summed E-state index contributed by atoms with van der Waals surface area (Å²) in [5.41, 5.74) is 3.66. The van der Waals surface area contributed by atoms with Crippen LogP contribution in [-0.4, -0.2) is 27.0 Å². The first-order valence-corrected chi connectivity index (χ1v) is 7.76. The van der Waals surface area contributed by atoms with Crippen molar-refractivity contribution in [2.75, 3.05) is 6.54 Å². The van der Waals surface area contributed by atoms with Crippen LogP contribution in [0.4, 0.5) is 4.79 Å². The first-order chi connectivity index (χ1) is 11.3. The molecule has 0 fully saturated rings. The maximum Gasteiger partial charge on any atom is 0.330 e. The predicted octanol–water partition coefficient (Wildman–Crippen LogP) is 3.50. The van der Waals surface area contributed by atoms with E-state index in [1.807, 2.05) is 29.2 Å². The van der Waals surface area contributed by atoms with E-state index in [9.17, 15) is 4.79 Å². The molecule has 0 saturated heterocycles. The van der Waals surface area contributed by atoms with Crippen molar-refractivity contribution in [2.45, 2.75) is 12.5 Å². The van der Waals surface area contributed by atoms with Crippen LogP contribution in [0.15, 0.2) is 73.3 Å². The average molecular weight is 303 g/mol. The Morgan fingerprint density at radius 2 is 1.83 bits per heavy atom. The zero-order valence-electron chi connectivity index (χ0n) is 12.7. The molecule has 23 heavy (non-hydrogen) atoms. The highest BCUT2D eigenvalue weighted by atomic mass is 16.2. The number of rotatable bonds is 1. The Morgan fingerprint density at radius 1 is 1.04 bits per heavy atom. The van der Waals surface area contributed by atoms with Crippen molar-refractivity contribution in [1.82, 2.24) is 14.5 Å². The van der Waals surface area contributed by atoms with Gasteiger partial charge in [-0.15, -0.1) is 0 Å². The first-order valence-electron chi connectivity index (χ1n) is 7.76. The second kappa shape index (κ2) is 5.72. The summed E-state index contributed by atoms with van der Waals surface area (Å²) in [6, 6.07) is 18.5. The van der Waals surface area contributed by atoms with Crippen molar-refractivity contribution in [3.05, 3.63) is 90.0 Å². The minimum atomic E-state index is -0.0592. The number of hydrogen-bond donors (Lipinski definition) is 0. The van der Waals surface area contributed by atoms with Crippen molar-refractivity contribution in [1.29, 1.82) is 0 Å². The molecule has 2 aromatic carbocycles. The Morgan fingerprint density at radius 3 is 2.61 bits per heavy atom. The van der Waals surface area contributed by atoms with Gasteiger partial charge >= 0.3 is 6.03 Å². The third kappa shape index (κ3) is 2.42.